The molecule has 3 saturated heterocycles. The van der Waals surface area contributed by atoms with Gasteiger partial charge in [-0.05, 0) is 19.6 Å². The molecule has 0 spiro atoms. The van der Waals surface area contributed by atoms with Gasteiger partial charge in [-0.2, -0.15) is 9.97 Å². The van der Waals surface area contributed by atoms with Gasteiger partial charge in [-0.1, -0.05) is 24.4 Å². The molecule has 0 radical (unpaired) electrons. The van der Waals surface area contributed by atoms with Crippen LogP contribution in [0.15, 0.2) is 10.1 Å². The van der Waals surface area contributed by atoms with E-state index in [2.05, 4.69) is 26.6 Å². The lowest BCUT2D eigenvalue weighted by Crippen LogP contribution is -2.44. The summed E-state index contributed by atoms with van der Waals surface area (Å²) in [6, 6.07) is 0.0360. The molecule has 0 amide bonds. The number of hydrogen-bond donors (Lipinski definition) is 0. The smallest absolute Gasteiger partial charge is 0.319 e. The summed E-state index contributed by atoms with van der Waals surface area (Å²) in [6.45, 7) is 4.79. The largest absolute Gasteiger partial charge is 0.485 e. The fourth-order valence-electron chi connectivity index (χ4n) is 5.58. The Kier molecular flexibility index (Phi) is 6.15. The molecule has 7 nitrogen and oxygen atoms in total. The predicted octanol–water partition coefficient (Wildman–Crippen LogP) is 4.06. The van der Waals surface area contributed by atoms with Gasteiger partial charge >= 0.3 is 6.01 Å². The highest BCUT2D eigenvalue weighted by Crippen LogP contribution is 2.44. The number of aliphatic imine (C=N–C) groups is 1. The summed E-state index contributed by atoms with van der Waals surface area (Å²) in [5, 5.41) is -0.444. The van der Waals surface area contributed by atoms with E-state index in [-0.39, 0.29) is 56.0 Å². The zero-order valence-corrected chi connectivity index (χ0v) is 19.0. The molecule has 5 heterocycles. The first-order valence-corrected chi connectivity index (χ1v) is 11.8. The minimum atomic E-state index is -1.04. The van der Waals surface area contributed by atoms with E-state index in [0.29, 0.717) is 12.4 Å². The van der Waals surface area contributed by atoms with Gasteiger partial charge in [0.25, 0.3) is 0 Å². The van der Waals surface area contributed by atoms with Crippen LogP contribution in [0.25, 0.3) is 5.83 Å². The van der Waals surface area contributed by atoms with Gasteiger partial charge < -0.3 is 14.4 Å². The van der Waals surface area contributed by atoms with Crippen molar-refractivity contribution in [1.29, 1.82) is 0 Å². The normalized spacial score (nSPS) is 32.2. The average Bonchev–Trinajstić information content (AvgIpc) is 3.12. The Bertz CT molecular complexity index is 950. The Morgan fingerprint density at radius 3 is 2.70 bits per heavy atom. The summed E-state index contributed by atoms with van der Waals surface area (Å²) in [5.74, 6) is -0.262. The molecule has 4 atom stereocenters. The Labute approximate surface area is 195 Å². The van der Waals surface area contributed by atoms with E-state index >= 15 is 4.39 Å². The van der Waals surface area contributed by atoms with Crippen molar-refractivity contribution in [2.75, 3.05) is 37.7 Å². The summed E-state index contributed by atoms with van der Waals surface area (Å²) < 4.78 is 55.2. The molecule has 33 heavy (non-hydrogen) atoms. The Morgan fingerprint density at radius 2 is 1.97 bits per heavy atom. The first-order valence-electron chi connectivity index (χ1n) is 11.4. The van der Waals surface area contributed by atoms with Crippen molar-refractivity contribution in [3.05, 3.63) is 10.9 Å². The third-order valence-electron chi connectivity index (χ3n) is 7.10. The minimum Gasteiger partial charge on any atom is -0.485 e. The first-order chi connectivity index (χ1) is 15.9. The van der Waals surface area contributed by atoms with Crippen LogP contribution in [0.2, 0.25) is 0 Å². The molecule has 4 aliphatic heterocycles. The van der Waals surface area contributed by atoms with Crippen LogP contribution >= 0.6 is 11.6 Å². The number of halogens is 4. The fourth-order valence-corrected chi connectivity index (χ4v) is 5.67. The number of fused-ring (bicyclic) bond motifs is 4. The van der Waals surface area contributed by atoms with Gasteiger partial charge in [0, 0.05) is 32.5 Å². The van der Waals surface area contributed by atoms with E-state index in [1.54, 1.807) is 4.90 Å². The first kappa shape index (κ1) is 22.7. The lowest BCUT2D eigenvalue weighted by atomic mass is 9.94. The molecule has 1 aromatic heterocycles. The maximum Gasteiger partial charge on any atom is 0.319 e. The number of nitrogens with zero attached hydrogens (tertiary/aromatic N) is 5. The summed E-state index contributed by atoms with van der Waals surface area (Å²) in [7, 11) is 0. The molecular weight excluding hydrogens is 459 g/mol. The number of aromatic nitrogens is 2. The van der Waals surface area contributed by atoms with Gasteiger partial charge in [-0.3, -0.25) is 4.90 Å². The number of alkyl halides is 2. The van der Waals surface area contributed by atoms with Gasteiger partial charge in [0.15, 0.2) is 28.2 Å². The molecule has 0 aliphatic carbocycles. The molecule has 4 aliphatic rings. The molecule has 0 aromatic carbocycles. The molecule has 0 bridgehead atoms. The molecule has 0 N–H and O–H groups in total. The van der Waals surface area contributed by atoms with E-state index < -0.39 is 28.9 Å². The van der Waals surface area contributed by atoms with Crippen molar-refractivity contribution >= 4 is 30.0 Å². The topological polar surface area (TPSA) is 63.1 Å². The second-order valence-corrected chi connectivity index (χ2v) is 9.66. The Hall–Kier alpha value is -2.07. The van der Waals surface area contributed by atoms with Crippen molar-refractivity contribution in [3.8, 4) is 11.8 Å². The van der Waals surface area contributed by atoms with Crippen LogP contribution in [0.3, 0.4) is 0 Å². The zero-order valence-electron chi connectivity index (χ0n) is 18.3. The predicted molar refractivity (Wildman–Crippen MR) is 119 cm³/mol. The standard InChI is InChI=1S/C22H27ClF3N5O2/c1-27-19(23)16(26)17-18-20(31-6-4-2-3-5-15(31)11-32-18)29-21(28-17)33-12-22-7-13(24)9-30(22)10-14(25)8-22/h13-15H,1-12H2/b19-16+/t13-,14+,15-,22?/m0/s1. The molecule has 5 rings (SSSR count). The second-order valence-electron chi connectivity index (χ2n) is 9.30. The van der Waals surface area contributed by atoms with Crippen molar-refractivity contribution in [1.82, 2.24) is 14.9 Å². The van der Waals surface area contributed by atoms with Crippen LogP contribution in [0.4, 0.5) is 19.0 Å². The number of rotatable bonds is 5. The summed E-state index contributed by atoms with van der Waals surface area (Å²) >= 11 is 5.91. The molecule has 1 unspecified atom stereocenters. The number of hydrogen-bond acceptors (Lipinski definition) is 7. The van der Waals surface area contributed by atoms with Gasteiger partial charge in [0.2, 0.25) is 0 Å². The lowest BCUT2D eigenvalue weighted by molar-refractivity contribution is 0.106. The summed E-state index contributed by atoms with van der Waals surface area (Å²) in [6.07, 6.45) is 2.39. The average molecular weight is 486 g/mol. The van der Waals surface area contributed by atoms with Crippen LogP contribution in [-0.4, -0.2) is 78.4 Å². The van der Waals surface area contributed by atoms with Crippen LogP contribution in [-0.2, 0) is 0 Å². The highest BCUT2D eigenvalue weighted by atomic mass is 35.5. The molecule has 0 saturated carbocycles. The summed E-state index contributed by atoms with van der Waals surface area (Å²) in [5.41, 5.74) is -0.914. The van der Waals surface area contributed by atoms with Crippen molar-refractivity contribution in [2.24, 2.45) is 4.99 Å². The van der Waals surface area contributed by atoms with Crippen LogP contribution in [0.5, 0.6) is 11.8 Å². The second kappa shape index (κ2) is 8.94. The zero-order chi connectivity index (χ0) is 23.2. The van der Waals surface area contributed by atoms with Crippen molar-refractivity contribution < 1.29 is 22.6 Å². The van der Waals surface area contributed by atoms with Gasteiger partial charge in [0.05, 0.1) is 11.6 Å². The quantitative estimate of drug-likeness (QED) is 0.463. The third-order valence-corrected chi connectivity index (χ3v) is 7.39. The fraction of sp³-hybridized carbons (Fsp3) is 0.682. The molecule has 1 aromatic rings. The number of anilines is 1. The van der Waals surface area contributed by atoms with Gasteiger partial charge in [0.1, 0.15) is 25.6 Å². The molecule has 3 fully saturated rings. The number of ether oxygens (including phenoxy) is 2. The van der Waals surface area contributed by atoms with E-state index in [4.69, 9.17) is 21.1 Å². The molecule has 11 heteroatoms. The van der Waals surface area contributed by atoms with Crippen molar-refractivity contribution in [2.45, 2.75) is 62.4 Å². The third kappa shape index (κ3) is 4.16. The minimum absolute atomic E-state index is 0.00905. The van der Waals surface area contributed by atoms with E-state index in [0.717, 1.165) is 32.2 Å². The Balaban J connectivity index is 1.50. The molecule has 180 valence electrons. The summed E-state index contributed by atoms with van der Waals surface area (Å²) in [4.78, 5) is 16.2. The van der Waals surface area contributed by atoms with Gasteiger partial charge in [-0.15, -0.1) is 0 Å². The SMILES string of the molecule is C=N/C(Cl)=C(/F)c1nc(OCC23C[C@H](F)CN2C[C@H](F)C3)nc2c1OC[C@@H]1CCCCCN21. The van der Waals surface area contributed by atoms with Crippen molar-refractivity contribution in [3.63, 3.8) is 0 Å². The van der Waals surface area contributed by atoms with Crippen LogP contribution < -0.4 is 14.4 Å². The van der Waals surface area contributed by atoms with E-state index in [1.807, 2.05) is 0 Å². The van der Waals surface area contributed by atoms with Crippen LogP contribution in [0, 0.1) is 0 Å². The Morgan fingerprint density at radius 1 is 1.21 bits per heavy atom. The highest BCUT2D eigenvalue weighted by molar-refractivity contribution is 6.32. The lowest BCUT2D eigenvalue weighted by Gasteiger charge is -2.37. The van der Waals surface area contributed by atoms with Crippen LogP contribution in [0.1, 0.15) is 44.2 Å². The van der Waals surface area contributed by atoms with E-state index in [1.165, 1.54) is 0 Å². The van der Waals surface area contributed by atoms with Gasteiger partial charge in [-0.25, -0.2) is 18.2 Å². The highest BCUT2D eigenvalue weighted by Gasteiger charge is 2.53. The monoisotopic (exact) mass is 485 g/mol. The molecular formula is C22H27ClF3N5O2. The van der Waals surface area contributed by atoms with E-state index in [9.17, 15) is 8.78 Å². The maximum absolute atomic E-state index is 15.1. The maximum atomic E-state index is 15.1.